The molecule has 0 aliphatic carbocycles. The number of likely N-dealkylation sites (N-methyl/N-ethyl adjacent to an activating group) is 1. The van der Waals surface area contributed by atoms with Crippen molar-refractivity contribution in [2.24, 2.45) is 5.92 Å². The molecule has 142 valence electrons. The molecule has 2 aromatic rings. The predicted molar refractivity (Wildman–Crippen MR) is 108 cm³/mol. The summed E-state index contributed by atoms with van der Waals surface area (Å²) in [6.07, 6.45) is 2.32. The van der Waals surface area contributed by atoms with Crippen molar-refractivity contribution >= 4 is 17.5 Å². The molecule has 1 saturated heterocycles. The summed E-state index contributed by atoms with van der Waals surface area (Å²) < 4.78 is 0. The zero-order valence-electron chi connectivity index (χ0n) is 15.7. The first-order valence-corrected chi connectivity index (χ1v) is 9.53. The number of nitrogens with zero attached hydrogens (tertiary/aromatic N) is 1. The van der Waals surface area contributed by atoms with Crippen molar-refractivity contribution in [3.05, 3.63) is 66.2 Å². The van der Waals surface area contributed by atoms with Crippen molar-refractivity contribution in [3.8, 4) is 0 Å². The van der Waals surface area contributed by atoms with E-state index in [0.29, 0.717) is 13.0 Å². The molecule has 1 unspecified atom stereocenters. The highest BCUT2D eigenvalue weighted by Gasteiger charge is 2.29. The normalized spacial score (nSPS) is 17.7. The van der Waals surface area contributed by atoms with Gasteiger partial charge in [0, 0.05) is 25.7 Å². The molecule has 0 aromatic heterocycles. The lowest BCUT2D eigenvalue weighted by molar-refractivity contribution is -0.130. The molecule has 2 atom stereocenters. The number of hydrogen-bond acceptors (Lipinski definition) is 3. The van der Waals surface area contributed by atoms with Crippen molar-refractivity contribution < 1.29 is 9.59 Å². The fraction of sp³-hybridized carbons (Fsp3) is 0.364. The Morgan fingerprint density at radius 1 is 1.11 bits per heavy atom. The number of para-hydroxylation sites is 1. The van der Waals surface area contributed by atoms with Gasteiger partial charge < -0.3 is 15.5 Å². The molecule has 1 aliphatic rings. The van der Waals surface area contributed by atoms with E-state index in [1.165, 1.54) is 0 Å². The van der Waals surface area contributed by atoms with Crippen LogP contribution in [0.25, 0.3) is 0 Å². The van der Waals surface area contributed by atoms with Gasteiger partial charge in [-0.25, -0.2) is 0 Å². The van der Waals surface area contributed by atoms with Crippen LogP contribution in [0.4, 0.5) is 5.69 Å². The first-order chi connectivity index (χ1) is 13.1. The Morgan fingerprint density at radius 2 is 1.78 bits per heavy atom. The van der Waals surface area contributed by atoms with Gasteiger partial charge in [-0.2, -0.15) is 0 Å². The van der Waals surface area contributed by atoms with Crippen LogP contribution in [-0.2, 0) is 16.0 Å². The van der Waals surface area contributed by atoms with E-state index >= 15 is 0 Å². The Labute approximate surface area is 160 Å². The standard InChI is InChI=1S/C22H27N3O2/c1-25(19-12-6-3-7-13-19)22(27)20(15-17-9-4-2-5-10-17)24-21(26)18-11-8-14-23-16-18/h2-7,9-10,12-13,18,20,23H,8,11,14-16H2,1H3,(H,24,26)/t18?,20-/m0/s1. The molecule has 27 heavy (non-hydrogen) atoms. The van der Waals surface area contributed by atoms with E-state index in [4.69, 9.17) is 0 Å². The molecule has 2 N–H and O–H groups in total. The van der Waals surface area contributed by atoms with E-state index < -0.39 is 6.04 Å². The summed E-state index contributed by atoms with van der Waals surface area (Å²) in [5, 5.41) is 6.28. The Kier molecular flexibility index (Phi) is 6.60. The minimum absolute atomic E-state index is 0.0436. The lowest BCUT2D eigenvalue weighted by Crippen LogP contribution is -2.52. The second-order valence-electron chi connectivity index (χ2n) is 7.03. The third-order valence-corrected chi connectivity index (χ3v) is 5.04. The maximum absolute atomic E-state index is 13.2. The first kappa shape index (κ1) is 19.1. The van der Waals surface area contributed by atoms with Crippen LogP contribution in [0.2, 0.25) is 0 Å². The number of carbonyl (C=O) groups is 2. The van der Waals surface area contributed by atoms with E-state index in [1.807, 2.05) is 60.7 Å². The Morgan fingerprint density at radius 3 is 2.41 bits per heavy atom. The highest BCUT2D eigenvalue weighted by molar-refractivity contribution is 5.99. The summed E-state index contributed by atoms with van der Waals surface area (Å²) in [4.78, 5) is 27.5. The molecule has 3 rings (SSSR count). The van der Waals surface area contributed by atoms with Crippen LogP contribution in [-0.4, -0.2) is 38.0 Å². The number of rotatable bonds is 6. The summed E-state index contributed by atoms with van der Waals surface area (Å²) in [5.41, 5.74) is 1.84. The quantitative estimate of drug-likeness (QED) is 0.826. The lowest BCUT2D eigenvalue weighted by Gasteiger charge is -2.28. The lowest BCUT2D eigenvalue weighted by atomic mass is 9.97. The number of nitrogens with one attached hydrogen (secondary N) is 2. The van der Waals surface area contributed by atoms with Gasteiger partial charge in [0.05, 0.1) is 5.92 Å². The minimum Gasteiger partial charge on any atom is -0.344 e. The molecule has 1 aliphatic heterocycles. The van der Waals surface area contributed by atoms with E-state index in [1.54, 1.807) is 11.9 Å². The third kappa shape index (κ3) is 5.17. The summed E-state index contributed by atoms with van der Waals surface area (Å²) >= 11 is 0. The van der Waals surface area contributed by atoms with Crippen LogP contribution in [0.3, 0.4) is 0 Å². The number of amides is 2. The largest absolute Gasteiger partial charge is 0.344 e. The van der Waals surface area contributed by atoms with Gasteiger partial charge in [0.2, 0.25) is 11.8 Å². The van der Waals surface area contributed by atoms with Crippen LogP contribution >= 0.6 is 0 Å². The van der Waals surface area contributed by atoms with Crippen LogP contribution in [0.5, 0.6) is 0 Å². The van der Waals surface area contributed by atoms with E-state index in [2.05, 4.69) is 10.6 Å². The van der Waals surface area contributed by atoms with Gasteiger partial charge in [0.1, 0.15) is 6.04 Å². The van der Waals surface area contributed by atoms with E-state index in [9.17, 15) is 9.59 Å². The van der Waals surface area contributed by atoms with Crippen molar-refractivity contribution in [1.82, 2.24) is 10.6 Å². The Balaban J connectivity index is 1.76. The van der Waals surface area contributed by atoms with Gasteiger partial charge >= 0.3 is 0 Å². The van der Waals surface area contributed by atoms with Gasteiger partial charge in [-0.15, -0.1) is 0 Å². The fourth-order valence-corrected chi connectivity index (χ4v) is 3.43. The number of hydrogen-bond donors (Lipinski definition) is 2. The van der Waals surface area contributed by atoms with Gasteiger partial charge in [-0.1, -0.05) is 48.5 Å². The summed E-state index contributed by atoms with van der Waals surface area (Å²) in [7, 11) is 1.75. The van der Waals surface area contributed by atoms with Crippen molar-refractivity contribution in [3.63, 3.8) is 0 Å². The molecule has 0 radical (unpaired) electrons. The Bertz CT molecular complexity index is 743. The second kappa shape index (κ2) is 9.33. The van der Waals surface area contributed by atoms with Crippen molar-refractivity contribution in [2.75, 3.05) is 25.0 Å². The monoisotopic (exact) mass is 365 g/mol. The molecule has 1 fully saturated rings. The van der Waals surface area contributed by atoms with Gasteiger partial charge in [-0.05, 0) is 37.1 Å². The molecule has 0 spiro atoms. The van der Waals surface area contributed by atoms with Gasteiger partial charge in [0.15, 0.2) is 0 Å². The molecule has 1 heterocycles. The van der Waals surface area contributed by atoms with Crippen molar-refractivity contribution in [1.29, 1.82) is 0 Å². The molecule has 0 bridgehead atoms. The summed E-state index contributed by atoms with van der Waals surface area (Å²) in [5.74, 6) is -0.230. The fourth-order valence-electron chi connectivity index (χ4n) is 3.43. The van der Waals surface area contributed by atoms with Gasteiger partial charge in [-0.3, -0.25) is 9.59 Å². The third-order valence-electron chi connectivity index (χ3n) is 5.04. The molecule has 2 aromatic carbocycles. The minimum atomic E-state index is -0.591. The van der Waals surface area contributed by atoms with Gasteiger partial charge in [0.25, 0.3) is 0 Å². The number of benzene rings is 2. The molecule has 0 saturated carbocycles. The summed E-state index contributed by atoms with van der Waals surface area (Å²) in [6, 6.07) is 18.7. The number of anilines is 1. The van der Waals surface area contributed by atoms with E-state index in [-0.39, 0.29) is 17.7 Å². The SMILES string of the molecule is CN(C(=O)[C@H](Cc1ccccc1)NC(=O)C1CCCNC1)c1ccccc1. The molecular weight excluding hydrogens is 338 g/mol. The Hall–Kier alpha value is -2.66. The first-order valence-electron chi connectivity index (χ1n) is 9.53. The highest BCUT2D eigenvalue weighted by atomic mass is 16.2. The van der Waals surface area contributed by atoms with Crippen LogP contribution in [0.15, 0.2) is 60.7 Å². The number of piperidine rings is 1. The molecule has 2 amide bonds. The van der Waals surface area contributed by atoms with E-state index in [0.717, 1.165) is 30.6 Å². The second-order valence-corrected chi connectivity index (χ2v) is 7.03. The smallest absolute Gasteiger partial charge is 0.249 e. The molecule has 5 nitrogen and oxygen atoms in total. The zero-order valence-corrected chi connectivity index (χ0v) is 15.7. The summed E-state index contributed by atoms with van der Waals surface area (Å²) in [6.45, 7) is 1.62. The average Bonchev–Trinajstić information content (AvgIpc) is 2.74. The number of carbonyl (C=O) groups excluding carboxylic acids is 2. The van der Waals surface area contributed by atoms with Crippen molar-refractivity contribution in [2.45, 2.75) is 25.3 Å². The molecule has 5 heteroatoms. The average molecular weight is 365 g/mol. The molecular formula is C22H27N3O2. The van der Waals surface area contributed by atoms with Crippen LogP contribution in [0.1, 0.15) is 18.4 Å². The predicted octanol–water partition coefficient (Wildman–Crippen LogP) is 2.38. The topological polar surface area (TPSA) is 61.4 Å². The zero-order chi connectivity index (χ0) is 19.1. The van der Waals surface area contributed by atoms with Crippen LogP contribution < -0.4 is 15.5 Å². The van der Waals surface area contributed by atoms with Crippen LogP contribution in [0, 0.1) is 5.92 Å². The maximum Gasteiger partial charge on any atom is 0.249 e. The maximum atomic E-state index is 13.2. The highest BCUT2D eigenvalue weighted by Crippen LogP contribution is 2.16.